The van der Waals surface area contributed by atoms with Gasteiger partial charge in [0.05, 0.1) is 0 Å². The molecule has 15 heavy (non-hydrogen) atoms. The maximum atomic E-state index is 11.6. The highest BCUT2D eigenvalue weighted by Gasteiger charge is 2.30. The maximum Gasteiger partial charge on any atom is 0.326 e. The fourth-order valence-electron chi connectivity index (χ4n) is 1.67. The van der Waals surface area contributed by atoms with E-state index < -0.39 is 12.0 Å². The molecule has 84 valence electrons. The number of carboxylic acid groups (broad SMARTS) is 1. The van der Waals surface area contributed by atoms with Gasteiger partial charge >= 0.3 is 5.97 Å². The zero-order chi connectivity index (χ0) is 11.3. The predicted molar refractivity (Wildman–Crippen MR) is 59.6 cm³/mol. The summed E-state index contributed by atoms with van der Waals surface area (Å²) in [5.74, 6) is -1.10. The Kier molecular flexibility index (Phi) is 4.68. The van der Waals surface area contributed by atoms with Gasteiger partial charge in [-0.3, -0.25) is 4.79 Å². The van der Waals surface area contributed by atoms with E-state index in [1.165, 1.54) is 22.7 Å². The van der Waals surface area contributed by atoms with Crippen LogP contribution in [0.3, 0.4) is 0 Å². The van der Waals surface area contributed by atoms with Crippen molar-refractivity contribution in [2.45, 2.75) is 25.3 Å². The van der Waals surface area contributed by atoms with Crippen LogP contribution >= 0.6 is 11.8 Å². The molecular weight excluding hydrogens is 214 g/mol. The summed E-state index contributed by atoms with van der Waals surface area (Å²) >= 11 is 1.43. The van der Waals surface area contributed by atoms with Crippen LogP contribution in [0.2, 0.25) is 0 Å². The second-order valence-corrected chi connectivity index (χ2v) is 4.16. The zero-order valence-corrected chi connectivity index (χ0v) is 9.50. The van der Waals surface area contributed by atoms with Crippen molar-refractivity contribution < 1.29 is 14.7 Å². The molecule has 4 nitrogen and oxygen atoms in total. The van der Waals surface area contributed by atoms with Gasteiger partial charge in [0, 0.05) is 12.6 Å². The lowest BCUT2D eigenvalue weighted by atomic mass is 10.0. The Labute approximate surface area is 93.3 Å². The normalized spacial score (nSPS) is 21.9. The molecule has 0 spiro atoms. The molecule has 0 aromatic heterocycles. The van der Waals surface area contributed by atoms with Gasteiger partial charge in [0.2, 0.25) is 5.91 Å². The van der Waals surface area contributed by atoms with Crippen LogP contribution in [0, 0.1) is 0 Å². The Morgan fingerprint density at radius 1 is 1.47 bits per heavy atom. The van der Waals surface area contributed by atoms with E-state index in [1.54, 1.807) is 5.41 Å². The first-order valence-electron chi connectivity index (χ1n) is 4.89. The molecule has 1 heterocycles. The number of carbonyl (C=O) groups excluding carboxylic acids is 1. The van der Waals surface area contributed by atoms with Crippen LogP contribution in [0.15, 0.2) is 11.5 Å². The lowest BCUT2D eigenvalue weighted by Crippen LogP contribution is -2.47. The maximum absolute atomic E-state index is 11.6. The van der Waals surface area contributed by atoms with E-state index in [0.29, 0.717) is 13.0 Å². The minimum atomic E-state index is -0.902. The van der Waals surface area contributed by atoms with E-state index >= 15 is 0 Å². The fraction of sp³-hybridized carbons (Fsp3) is 0.600. The van der Waals surface area contributed by atoms with E-state index in [1.807, 2.05) is 6.26 Å². The Bertz CT molecular complexity index is 278. The second-order valence-electron chi connectivity index (χ2n) is 3.42. The first-order valence-corrected chi connectivity index (χ1v) is 6.18. The summed E-state index contributed by atoms with van der Waals surface area (Å²) in [6, 6.07) is -0.641. The molecule has 1 atom stereocenters. The number of amides is 1. The minimum Gasteiger partial charge on any atom is -0.480 e. The molecule has 1 saturated heterocycles. The summed E-state index contributed by atoms with van der Waals surface area (Å²) in [4.78, 5) is 24.0. The average molecular weight is 229 g/mol. The smallest absolute Gasteiger partial charge is 0.326 e. The highest BCUT2D eigenvalue weighted by Crippen LogP contribution is 2.17. The van der Waals surface area contributed by atoms with E-state index in [2.05, 4.69) is 0 Å². The van der Waals surface area contributed by atoms with Crippen molar-refractivity contribution in [3.8, 4) is 0 Å². The van der Waals surface area contributed by atoms with E-state index in [9.17, 15) is 9.59 Å². The molecule has 0 radical (unpaired) electrons. The van der Waals surface area contributed by atoms with Gasteiger partial charge in [-0.25, -0.2) is 4.79 Å². The summed E-state index contributed by atoms with van der Waals surface area (Å²) in [6.07, 6.45) is 5.63. The quantitative estimate of drug-likeness (QED) is 0.742. The second kappa shape index (κ2) is 5.80. The third kappa shape index (κ3) is 3.27. The van der Waals surface area contributed by atoms with Crippen LogP contribution in [-0.2, 0) is 9.59 Å². The molecular formula is C10H15NO3S. The molecule has 1 N–H and O–H groups in total. The predicted octanol–water partition coefficient (Wildman–Crippen LogP) is 1.33. The SMILES string of the molecule is CS/C=C/C(=O)N1CCCCC1C(=O)O. The molecule has 0 bridgehead atoms. The first-order chi connectivity index (χ1) is 7.16. The number of hydrogen-bond acceptors (Lipinski definition) is 3. The van der Waals surface area contributed by atoms with Crippen molar-refractivity contribution in [3.63, 3.8) is 0 Å². The highest BCUT2D eigenvalue weighted by molar-refractivity contribution is 8.01. The van der Waals surface area contributed by atoms with Gasteiger partial charge < -0.3 is 10.0 Å². The fourth-order valence-corrected chi connectivity index (χ4v) is 1.93. The van der Waals surface area contributed by atoms with Gasteiger partial charge in [0.1, 0.15) is 6.04 Å². The molecule has 0 aliphatic carbocycles. The monoisotopic (exact) mass is 229 g/mol. The summed E-state index contributed by atoms with van der Waals surface area (Å²) in [7, 11) is 0. The number of carboxylic acids is 1. The van der Waals surface area contributed by atoms with Gasteiger partial charge in [0.15, 0.2) is 0 Å². The number of nitrogens with zero attached hydrogens (tertiary/aromatic N) is 1. The zero-order valence-electron chi connectivity index (χ0n) is 8.68. The van der Waals surface area contributed by atoms with Crippen molar-refractivity contribution in [3.05, 3.63) is 11.5 Å². The summed E-state index contributed by atoms with van der Waals surface area (Å²) < 4.78 is 0. The molecule has 1 aliphatic heterocycles. The lowest BCUT2D eigenvalue weighted by Gasteiger charge is -2.32. The third-order valence-electron chi connectivity index (χ3n) is 2.42. The van der Waals surface area contributed by atoms with Crippen molar-refractivity contribution in [1.82, 2.24) is 4.90 Å². The molecule has 1 unspecified atom stereocenters. The summed E-state index contributed by atoms with van der Waals surface area (Å²) in [6.45, 7) is 0.550. The largest absolute Gasteiger partial charge is 0.480 e. The number of piperidine rings is 1. The Morgan fingerprint density at radius 3 is 2.80 bits per heavy atom. The third-order valence-corrected chi connectivity index (χ3v) is 2.83. The van der Waals surface area contributed by atoms with Crippen LogP contribution in [-0.4, -0.2) is 40.7 Å². The Balaban J connectivity index is 2.67. The molecule has 1 rings (SSSR count). The van der Waals surface area contributed by atoms with Gasteiger partial charge in [-0.15, -0.1) is 11.8 Å². The van der Waals surface area contributed by atoms with E-state index in [-0.39, 0.29) is 5.91 Å². The Morgan fingerprint density at radius 2 is 2.20 bits per heavy atom. The molecule has 1 fully saturated rings. The number of aliphatic carboxylic acids is 1. The number of rotatable bonds is 3. The topological polar surface area (TPSA) is 57.6 Å². The van der Waals surface area contributed by atoms with Crippen LogP contribution in [0.4, 0.5) is 0 Å². The standard InChI is InChI=1S/C10H15NO3S/c1-15-7-5-9(12)11-6-3-2-4-8(11)10(13)14/h5,7-8H,2-4,6H2,1H3,(H,13,14)/b7-5+. The lowest BCUT2D eigenvalue weighted by molar-refractivity contribution is -0.150. The summed E-state index contributed by atoms with van der Waals surface area (Å²) in [5, 5.41) is 10.6. The molecule has 0 aromatic rings. The van der Waals surface area contributed by atoms with Crippen LogP contribution < -0.4 is 0 Å². The molecule has 0 saturated carbocycles. The van der Waals surface area contributed by atoms with Crippen molar-refractivity contribution in [2.24, 2.45) is 0 Å². The number of hydrogen-bond donors (Lipinski definition) is 1. The van der Waals surface area contributed by atoms with Crippen LogP contribution in [0.25, 0.3) is 0 Å². The van der Waals surface area contributed by atoms with Crippen LogP contribution in [0.5, 0.6) is 0 Å². The van der Waals surface area contributed by atoms with Gasteiger partial charge in [-0.05, 0) is 30.9 Å². The van der Waals surface area contributed by atoms with Gasteiger partial charge in [-0.2, -0.15) is 0 Å². The molecule has 1 amide bonds. The Hall–Kier alpha value is -0.970. The molecule has 0 aromatic carbocycles. The van der Waals surface area contributed by atoms with Crippen LogP contribution in [0.1, 0.15) is 19.3 Å². The number of carbonyl (C=O) groups is 2. The molecule has 5 heteroatoms. The first kappa shape index (κ1) is 12.1. The molecule has 1 aliphatic rings. The summed E-state index contributed by atoms with van der Waals surface area (Å²) in [5.41, 5.74) is 0. The van der Waals surface area contributed by atoms with E-state index in [4.69, 9.17) is 5.11 Å². The highest BCUT2D eigenvalue weighted by atomic mass is 32.2. The number of likely N-dealkylation sites (tertiary alicyclic amines) is 1. The van der Waals surface area contributed by atoms with Crippen molar-refractivity contribution in [1.29, 1.82) is 0 Å². The van der Waals surface area contributed by atoms with Crippen molar-refractivity contribution >= 4 is 23.6 Å². The number of thioether (sulfide) groups is 1. The van der Waals surface area contributed by atoms with Gasteiger partial charge in [0.25, 0.3) is 0 Å². The van der Waals surface area contributed by atoms with Crippen molar-refractivity contribution in [2.75, 3.05) is 12.8 Å². The van der Waals surface area contributed by atoms with Gasteiger partial charge in [-0.1, -0.05) is 0 Å². The van der Waals surface area contributed by atoms with E-state index in [0.717, 1.165) is 12.8 Å². The minimum absolute atomic E-state index is 0.198. The average Bonchev–Trinajstić information content (AvgIpc) is 2.25.